The highest BCUT2D eigenvalue weighted by molar-refractivity contribution is 8.00. The summed E-state index contributed by atoms with van der Waals surface area (Å²) in [5.41, 5.74) is 0.0100. The van der Waals surface area contributed by atoms with Crippen LogP contribution >= 0.6 is 23.1 Å². The maximum atomic E-state index is 12.2. The first kappa shape index (κ1) is 15.8. The van der Waals surface area contributed by atoms with Crippen LogP contribution in [0.4, 0.5) is 0 Å². The lowest BCUT2D eigenvalue weighted by Gasteiger charge is -2.26. The van der Waals surface area contributed by atoms with Crippen LogP contribution < -0.4 is 4.72 Å². The molecule has 1 aromatic rings. The van der Waals surface area contributed by atoms with Crippen molar-refractivity contribution in [1.29, 1.82) is 0 Å². The SMILES string of the molecule is CSC1(CNS(=O)(=O)c2cc(C(=O)O)cs2)CCCC1. The highest BCUT2D eigenvalue weighted by atomic mass is 32.2. The van der Waals surface area contributed by atoms with E-state index in [1.54, 1.807) is 11.8 Å². The number of carboxylic acids is 1. The number of rotatable bonds is 6. The van der Waals surface area contributed by atoms with Gasteiger partial charge in [-0.3, -0.25) is 0 Å². The summed E-state index contributed by atoms with van der Waals surface area (Å²) < 4.78 is 27.0. The summed E-state index contributed by atoms with van der Waals surface area (Å²) in [4.78, 5) is 10.8. The van der Waals surface area contributed by atoms with Crippen molar-refractivity contribution in [2.24, 2.45) is 0 Å². The average Bonchev–Trinajstić information content (AvgIpc) is 3.07. The molecule has 2 N–H and O–H groups in total. The van der Waals surface area contributed by atoms with Gasteiger partial charge in [-0.05, 0) is 25.2 Å². The normalized spacial score (nSPS) is 18.2. The van der Waals surface area contributed by atoms with Crippen molar-refractivity contribution in [1.82, 2.24) is 4.72 Å². The van der Waals surface area contributed by atoms with Crippen molar-refractivity contribution < 1.29 is 18.3 Å². The molecule has 1 heterocycles. The summed E-state index contributed by atoms with van der Waals surface area (Å²) in [6.45, 7) is 0.400. The summed E-state index contributed by atoms with van der Waals surface area (Å²) in [6, 6.07) is 1.20. The molecule has 0 unspecified atom stereocenters. The molecule has 5 nitrogen and oxygen atoms in total. The molecule has 1 aliphatic rings. The van der Waals surface area contributed by atoms with Gasteiger partial charge in [0.05, 0.1) is 5.56 Å². The van der Waals surface area contributed by atoms with Crippen LogP contribution in [0.5, 0.6) is 0 Å². The Morgan fingerprint density at radius 1 is 1.50 bits per heavy atom. The number of nitrogens with one attached hydrogen (secondary N) is 1. The van der Waals surface area contributed by atoms with Crippen LogP contribution in [0, 0.1) is 0 Å². The first-order chi connectivity index (χ1) is 9.38. The summed E-state index contributed by atoms with van der Waals surface area (Å²) in [5, 5.41) is 10.2. The molecule has 1 aromatic heterocycles. The molecule has 0 bridgehead atoms. The molecular weight excluding hydrogens is 318 g/mol. The summed E-state index contributed by atoms with van der Waals surface area (Å²) in [7, 11) is -3.62. The summed E-state index contributed by atoms with van der Waals surface area (Å²) >= 11 is 2.64. The average molecular weight is 335 g/mol. The van der Waals surface area contributed by atoms with E-state index in [0.717, 1.165) is 37.0 Å². The zero-order valence-corrected chi connectivity index (χ0v) is 13.5. The van der Waals surface area contributed by atoms with Gasteiger partial charge in [0.25, 0.3) is 0 Å². The van der Waals surface area contributed by atoms with Crippen molar-refractivity contribution in [3.8, 4) is 0 Å². The maximum Gasteiger partial charge on any atom is 0.336 e. The topological polar surface area (TPSA) is 83.5 Å². The van der Waals surface area contributed by atoms with E-state index >= 15 is 0 Å². The third-order valence-electron chi connectivity index (χ3n) is 3.62. The molecule has 0 aromatic carbocycles. The van der Waals surface area contributed by atoms with Crippen molar-refractivity contribution in [2.75, 3.05) is 12.8 Å². The van der Waals surface area contributed by atoms with E-state index in [1.165, 1.54) is 11.4 Å². The Kier molecular flexibility index (Phi) is 4.78. The van der Waals surface area contributed by atoms with Crippen LogP contribution in [0.25, 0.3) is 0 Å². The Bertz CT molecular complexity index is 588. The Morgan fingerprint density at radius 3 is 2.65 bits per heavy atom. The van der Waals surface area contributed by atoms with Gasteiger partial charge < -0.3 is 5.11 Å². The number of sulfonamides is 1. The number of thiophene rings is 1. The second-order valence-electron chi connectivity index (χ2n) is 4.88. The Hall–Kier alpha value is -0.570. The van der Waals surface area contributed by atoms with Crippen molar-refractivity contribution in [3.63, 3.8) is 0 Å². The first-order valence-corrected chi connectivity index (χ1v) is 9.84. The molecule has 1 saturated carbocycles. The fourth-order valence-corrected chi connectivity index (χ4v) is 5.67. The number of hydrogen-bond acceptors (Lipinski definition) is 5. The molecule has 1 aliphatic carbocycles. The van der Waals surface area contributed by atoms with E-state index in [0.29, 0.717) is 6.54 Å². The van der Waals surface area contributed by atoms with Crippen LogP contribution in [0.15, 0.2) is 15.7 Å². The molecular formula is C12H17NO4S3. The molecule has 0 spiro atoms. The predicted molar refractivity (Wildman–Crippen MR) is 81.2 cm³/mol. The van der Waals surface area contributed by atoms with Crippen molar-refractivity contribution >= 4 is 39.1 Å². The molecule has 112 valence electrons. The Morgan fingerprint density at radius 2 is 2.15 bits per heavy atom. The third kappa shape index (κ3) is 3.36. The number of carboxylic acid groups (broad SMARTS) is 1. The van der Waals surface area contributed by atoms with Gasteiger partial charge in [-0.1, -0.05) is 12.8 Å². The first-order valence-electron chi connectivity index (χ1n) is 6.25. The monoisotopic (exact) mass is 335 g/mol. The number of aromatic carboxylic acids is 1. The number of carbonyl (C=O) groups is 1. The van der Waals surface area contributed by atoms with E-state index in [2.05, 4.69) is 4.72 Å². The molecule has 0 saturated heterocycles. The third-order valence-corrected chi connectivity index (χ3v) is 7.88. The molecule has 2 rings (SSSR count). The minimum absolute atomic E-state index is 0.0100. The van der Waals surface area contributed by atoms with E-state index in [4.69, 9.17) is 5.11 Å². The van der Waals surface area contributed by atoms with Crippen LogP contribution in [0.3, 0.4) is 0 Å². The number of thioether (sulfide) groups is 1. The van der Waals surface area contributed by atoms with Crippen LogP contribution in [0.1, 0.15) is 36.0 Å². The molecule has 20 heavy (non-hydrogen) atoms. The Balaban J connectivity index is 2.08. The van der Waals surface area contributed by atoms with Gasteiger partial charge in [-0.15, -0.1) is 11.3 Å². The lowest BCUT2D eigenvalue weighted by molar-refractivity contribution is 0.0697. The largest absolute Gasteiger partial charge is 0.478 e. The summed E-state index contributed by atoms with van der Waals surface area (Å²) in [6.07, 6.45) is 6.30. The van der Waals surface area contributed by atoms with Gasteiger partial charge >= 0.3 is 5.97 Å². The standard InChI is InChI=1S/C12H17NO4S3/c1-18-12(4-2-3-5-12)8-13-20(16,17)10-6-9(7-19-10)11(14)15/h6-7,13H,2-5,8H2,1H3,(H,14,15). The van der Waals surface area contributed by atoms with Gasteiger partial charge in [-0.2, -0.15) is 11.8 Å². The zero-order valence-electron chi connectivity index (χ0n) is 11.1. The molecule has 0 aliphatic heterocycles. The van der Waals surface area contributed by atoms with Crippen molar-refractivity contribution in [3.05, 3.63) is 17.0 Å². The second kappa shape index (κ2) is 6.05. The van der Waals surface area contributed by atoms with E-state index in [1.807, 2.05) is 6.26 Å². The smallest absolute Gasteiger partial charge is 0.336 e. The summed E-state index contributed by atoms with van der Waals surface area (Å²) in [5.74, 6) is -1.11. The van der Waals surface area contributed by atoms with E-state index < -0.39 is 16.0 Å². The van der Waals surface area contributed by atoms with E-state index in [-0.39, 0.29) is 14.5 Å². The van der Waals surface area contributed by atoms with Gasteiger partial charge in [0.2, 0.25) is 10.0 Å². The minimum Gasteiger partial charge on any atom is -0.478 e. The second-order valence-corrected chi connectivity index (χ2v) is 9.06. The minimum atomic E-state index is -3.62. The highest BCUT2D eigenvalue weighted by Gasteiger charge is 2.34. The number of hydrogen-bond donors (Lipinski definition) is 2. The quantitative estimate of drug-likeness (QED) is 0.834. The van der Waals surface area contributed by atoms with Gasteiger partial charge in [0.1, 0.15) is 4.21 Å². The zero-order chi connectivity index (χ0) is 14.8. The van der Waals surface area contributed by atoms with Crippen LogP contribution in [-0.2, 0) is 10.0 Å². The molecule has 0 radical (unpaired) electrons. The predicted octanol–water partition coefficient (Wildman–Crippen LogP) is 2.40. The lowest BCUT2D eigenvalue weighted by atomic mass is 10.1. The molecule has 8 heteroatoms. The van der Waals surface area contributed by atoms with Gasteiger partial charge in [-0.25, -0.2) is 17.9 Å². The van der Waals surface area contributed by atoms with Gasteiger partial charge in [0, 0.05) is 16.7 Å². The fraction of sp³-hybridized carbons (Fsp3) is 0.583. The molecule has 0 amide bonds. The van der Waals surface area contributed by atoms with Crippen molar-refractivity contribution in [2.45, 2.75) is 34.6 Å². The highest BCUT2D eigenvalue weighted by Crippen LogP contribution is 2.39. The van der Waals surface area contributed by atoms with E-state index in [9.17, 15) is 13.2 Å². The molecule has 0 atom stereocenters. The fourth-order valence-electron chi connectivity index (χ4n) is 2.34. The van der Waals surface area contributed by atoms with Gasteiger partial charge in [0.15, 0.2) is 0 Å². The lowest BCUT2D eigenvalue weighted by Crippen LogP contribution is -2.38. The van der Waals surface area contributed by atoms with Crippen LogP contribution in [0.2, 0.25) is 0 Å². The van der Waals surface area contributed by atoms with Crippen LogP contribution in [-0.4, -0.2) is 37.0 Å². The maximum absolute atomic E-state index is 12.2. The Labute approximate surface area is 126 Å². The molecule has 1 fully saturated rings.